The Morgan fingerprint density at radius 3 is 2.80 bits per heavy atom. The van der Waals surface area contributed by atoms with Gasteiger partial charge in [0.25, 0.3) is 0 Å². The lowest BCUT2D eigenvalue weighted by Crippen LogP contribution is -2.44. The van der Waals surface area contributed by atoms with Gasteiger partial charge in [0.1, 0.15) is 11.8 Å². The lowest BCUT2D eigenvalue weighted by molar-refractivity contribution is -0.125. The molecule has 0 aromatic heterocycles. The van der Waals surface area contributed by atoms with Crippen LogP contribution in [0.4, 0.5) is 5.69 Å². The van der Waals surface area contributed by atoms with Crippen LogP contribution >= 0.6 is 0 Å². The topological polar surface area (TPSA) is 58.6 Å². The van der Waals surface area contributed by atoms with Crippen molar-refractivity contribution in [2.45, 2.75) is 32.7 Å². The maximum Gasteiger partial charge on any atom is 0.249 e. The number of ether oxygens (including phenoxy) is 1. The Kier molecular flexibility index (Phi) is 4.27. The second-order valence-corrected chi connectivity index (χ2v) is 4.94. The van der Waals surface area contributed by atoms with Crippen LogP contribution in [0.5, 0.6) is 5.75 Å². The zero-order valence-corrected chi connectivity index (χ0v) is 12.1. The van der Waals surface area contributed by atoms with Crippen LogP contribution in [-0.4, -0.2) is 31.5 Å². The molecule has 1 fully saturated rings. The first-order valence-electron chi connectivity index (χ1n) is 6.82. The number of carbonyl (C=O) groups is 2. The van der Waals surface area contributed by atoms with Gasteiger partial charge in [0.2, 0.25) is 11.8 Å². The molecule has 1 aromatic rings. The van der Waals surface area contributed by atoms with Gasteiger partial charge in [0.15, 0.2) is 0 Å². The van der Waals surface area contributed by atoms with Crippen LogP contribution in [0, 0.1) is 6.92 Å². The van der Waals surface area contributed by atoms with Crippen molar-refractivity contribution in [3.05, 3.63) is 23.8 Å². The molecule has 5 heteroatoms. The monoisotopic (exact) mass is 276 g/mol. The summed E-state index contributed by atoms with van der Waals surface area (Å²) in [6, 6.07) is 5.24. The normalized spacial score (nSPS) is 19.6. The van der Waals surface area contributed by atoms with Gasteiger partial charge >= 0.3 is 0 Å². The second-order valence-electron chi connectivity index (χ2n) is 4.94. The summed E-state index contributed by atoms with van der Waals surface area (Å²) < 4.78 is 5.34. The molecule has 1 aliphatic heterocycles. The van der Waals surface area contributed by atoms with Gasteiger partial charge < -0.3 is 15.0 Å². The van der Waals surface area contributed by atoms with Crippen molar-refractivity contribution in [1.82, 2.24) is 5.32 Å². The average Bonchev–Trinajstić information content (AvgIpc) is 2.58. The Labute approximate surface area is 118 Å². The highest BCUT2D eigenvalue weighted by Crippen LogP contribution is 2.30. The van der Waals surface area contributed by atoms with Gasteiger partial charge in [0.05, 0.1) is 12.8 Å². The highest BCUT2D eigenvalue weighted by Gasteiger charge is 2.30. The fourth-order valence-electron chi connectivity index (χ4n) is 2.37. The number of benzene rings is 1. The second kappa shape index (κ2) is 5.94. The third-order valence-electron chi connectivity index (χ3n) is 3.50. The Morgan fingerprint density at radius 1 is 1.40 bits per heavy atom. The summed E-state index contributed by atoms with van der Waals surface area (Å²) in [4.78, 5) is 25.9. The molecule has 1 N–H and O–H groups in total. The van der Waals surface area contributed by atoms with Crippen molar-refractivity contribution >= 4 is 17.5 Å². The number of hydrogen-bond donors (Lipinski definition) is 1. The van der Waals surface area contributed by atoms with E-state index in [0.717, 1.165) is 11.3 Å². The van der Waals surface area contributed by atoms with Crippen LogP contribution in [0.1, 0.15) is 25.3 Å². The molecule has 20 heavy (non-hydrogen) atoms. The first-order chi connectivity index (χ1) is 9.56. The Morgan fingerprint density at radius 2 is 2.15 bits per heavy atom. The molecule has 0 aliphatic carbocycles. The van der Waals surface area contributed by atoms with Crippen molar-refractivity contribution in [3.8, 4) is 5.75 Å². The molecule has 0 spiro atoms. The molecule has 1 saturated heterocycles. The van der Waals surface area contributed by atoms with Gasteiger partial charge in [-0.25, -0.2) is 0 Å². The molecule has 1 heterocycles. The fourth-order valence-corrected chi connectivity index (χ4v) is 2.37. The van der Waals surface area contributed by atoms with Gasteiger partial charge in [-0.1, -0.05) is 13.0 Å². The van der Waals surface area contributed by atoms with Crippen LogP contribution in [0.15, 0.2) is 18.2 Å². The number of anilines is 1. The van der Waals surface area contributed by atoms with Crippen molar-refractivity contribution in [2.24, 2.45) is 0 Å². The van der Waals surface area contributed by atoms with E-state index in [1.54, 1.807) is 12.0 Å². The van der Waals surface area contributed by atoms with Crippen LogP contribution in [0.25, 0.3) is 0 Å². The quantitative estimate of drug-likeness (QED) is 0.913. The van der Waals surface area contributed by atoms with Crippen LogP contribution < -0.4 is 15.0 Å². The predicted octanol–water partition coefficient (Wildman–Crippen LogP) is 1.64. The first-order valence-corrected chi connectivity index (χ1v) is 6.82. The van der Waals surface area contributed by atoms with Crippen molar-refractivity contribution < 1.29 is 14.3 Å². The maximum absolute atomic E-state index is 12.6. The minimum absolute atomic E-state index is 0.0812. The number of rotatable bonds is 3. The number of nitrogens with one attached hydrogen (secondary N) is 1. The third kappa shape index (κ3) is 2.76. The average molecular weight is 276 g/mol. The summed E-state index contributed by atoms with van der Waals surface area (Å²) in [6.07, 6.45) is 0.883. The third-order valence-corrected chi connectivity index (χ3v) is 3.50. The smallest absolute Gasteiger partial charge is 0.249 e. The van der Waals surface area contributed by atoms with Crippen LogP contribution in [0.2, 0.25) is 0 Å². The number of aryl methyl sites for hydroxylation is 1. The Bertz CT molecular complexity index is 528. The number of carbonyl (C=O) groups excluding carboxylic acids is 2. The van der Waals surface area contributed by atoms with E-state index < -0.39 is 6.04 Å². The van der Waals surface area contributed by atoms with E-state index in [1.807, 2.05) is 32.0 Å². The van der Waals surface area contributed by atoms with Gasteiger partial charge in [-0.15, -0.1) is 0 Å². The van der Waals surface area contributed by atoms with Gasteiger partial charge in [0, 0.05) is 13.0 Å². The predicted molar refractivity (Wildman–Crippen MR) is 76.9 cm³/mol. The number of nitrogens with zero attached hydrogens (tertiary/aromatic N) is 1. The molecule has 0 saturated carbocycles. The number of methoxy groups -OCH3 is 1. The summed E-state index contributed by atoms with van der Waals surface area (Å²) in [5, 5.41) is 2.76. The van der Waals surface area contributed by atoms with Gasteiger partial charge in [-0.2, -0.15) is 0 Å². The molecule has 2 rings (SSSR count). The van der Waals surface area contributed by atoms with E-state index >= 15 is 0 Å². The highest BCUT2D eigenvalue weighted by molar-refractivity contribution is 6.02. The molecule has 5 nitrogen and oxygen atoms in total. The molecular formula is C15H20N2O3. The summed E-state index contributed by atoms with van der Waals surface area (Å²) in [5.74, 6) is 0.481. The number of hydrogen-bond acceptors (Lipinski definition) is 3. The zero-order chi connectivity index (χ0) is 14.7. The zero-order valence-electron chi connectivity index (χ0n) is 12.1. The molecular weight excluding hydrogens is 256 g/mol. The Balaban J connectivity index is 2.41. The lowest BCUT2D eigenvalue weighted by atomic mass is 10.1. The molecule has 2 amide bonds. The Hall–Kier alpha value is -2.04. The summed E-state index contributed by atoms with van der Waals surface area (Å²) in [5.41, 5.74) is 1.78. The largest absolute Gasteiger partial charge is 0.495 e. The van der Waals surface area contributed by atoms with Crippen molar-refractivity contribution in [1.29, 1.82) is 0 Å². The highest BCUT2D eigenvalue weighted by atomic mass is 16.5. The SMILES string of the molecule is CCC1NC(=O)CCN(c2cc(C)ccc2OC)C1=O. The molecule has 108 valence electrons. The minimum atomic E-state index is -0.463. The minimum Gasteiger partial charge on any atom is -0.495 e. The molecule has 1 aliphatic rings. The summed E-state index contributed by atoms with van der Waals surface area (Å²) in [6.45, 7) is 4.23. The maximum atomic E-state index is 12.6. The summed E-state index contributed by atoms with van der Waals surface area (Å²) in [7, 11) is 1.58. The molecule has 1 unspecified atom stereocenters. The lowest BCUT2D eigenvalue weighted by Gasteiger charge is -2.25. The standard InChI is InChI=1S/C15H20N2O3/c1-4-11-15(19)17(8-7-14(18)16-11)12-9-10(2)5-6-13(12)20-3/h5-6,9,11H,4,7-8H2,1-3H3,(H,16,18). The fraction of sp³-hybridized carbons (Fsp3) is 0.467. The molecule has 0 radical (unpaired) electrons. The first kappa shape index (κ1) is 14.4. The van der Waals surface area contributed by atoms with E-state index in [4.69, 9.17) is 4.74 Å². The molecule has 1 aromatic carbocycles. The van der Waals surface area contributed by atoms with Crippen LogP contribution in [-0.2, 0) is 9.59 Å². The van der Waals surface area contributed by atoms with Crippen molar-refractivity contribution in [2.75, 3.05) is 18.6 Å². The van der Waals surface area contributed by atoms with Gasteiger partial charge in [-0.05, 0) is 31.0 Å². The summed E-state index contributed by atoms with van der Waals surface area (Å²) >= 11 is 0. The van der Waals surface area contributed by atoms with E-state index in [1.165, 1.54) is 0 Å². The van der Waals surface area contributed by atoms with Crippen molar-refractivity contribution in [3.63, 3.8) is 0 Å². The van der Waals surface area contributed by atoms with Crippen LogP contribution in [0.3, 0.4) is 0 Å². The van der Waals surface area contributed by atoms with E-state index in [9.17, 15) is 9.59 Å². The van der Waals surface area contributed by atoms with E-state index in [-0.39, 0.29) is 11.8 Å². The number of amides is 2. The van der Waals surface area contributed by atoms with Gasteiger partial charge in [-0.3, -0.25) is 9.59 Å². The van der Waals surface area contributed by atoms with E-state index in [2.05, 4.69) is 5.32 Å². The molecule has 0 bridgehead atoms. The molecule has 1 atom stereocenters. The van der Waals surface area contributed by atoms with E-state index in [0.29, 0.717) is 25.1 Å².